The molecule has 0 N–H and O–H groups in total. The topological polar surface area (TPSA) is 39.2 Å². The van der Waals surface area contributed by atoms with Crippen molar-refractivity contribution in [2.24, 2.45) is 17.8 Å². The third-order valence-corrected chi connectivity index (χ3v) is 4.87. The summed E-state index contributed by atoms with van der Waals surface area (Å²) in [5.41, 5.74) is 2.93. The Labute approximate surface area is 114 Å². The molecule has 0 bridgehead atoms. The van der Waals surface area contributed by atoms with Crippen molar-refractivity contribution in [2.45, 2.75) is 39.5 Å². The van der Waals surface area contributed by atoms with Gasteiger partial charge >= 0.3 is 0 Å². The molecule has 1 aromatic rings. The number of hydrogen-bond donors (Lipinski definition) is 0. The molecule has 0 aliphatic heterocycles. The number of carbonyl (C=O) groups is 1. The normalized spacial score (nSPS) is 28.1. The minimum absolute atomic E-state index is 0.335. The van der Waals surface area contributed by atoms with E-state index in [1.54, 1.807) is 7.11 Å². The highest BCUT2D eigenvalue weighted by Crippen LogP contribution is 2.58. The van der Waals surface area contributed by atoms with Crippen LogP contribution < -0.4 is 4.74 Å². The first-order valence-electron chi connectivity index (χ1n) is 7.15. The van der Waals surface area contributed by atoms with Gasteiger partial charge in [0, 0.05) is 29.7 Å². The van der Waals surface area contributed by atoms with Gasteiger partial charge in [0.05, 0.1) is 12.8 Å². The van der Waals surface area contributed by atoms with Crippen LogP contribution in [0.3, 0.4) is 0 Å². The van der Waals surface area contributed by atoms with Gasteiger partial charge in [-0.25, -0.2) is 0 Å². The van der Waals surface area contributed by atoms with Crippen molar-refractivity contribution in [3.05, 3.63) is 23.0 Å². The maximum Gasteiger partial charge on any atom is 0.142 e. The maximum absolute atomic E-state index is 12.3. The molecule has 0 aromatic carbocycles. The molecule has 3 heteroatoms. The number of aryl methyl sites for hydroxylation is 1. The Hall–Kier alpha value is -1.38. The van der Waals surface area contributed by atoms with E-state index in [4.69, 9.17) is 4.74 Å². The molecule has 2 atom stereocenters. The Morgan fingerprint density at radius 1 is 1.37 bits per heavy atom. The predicted molar refractivity (Wildman–Crippen MR) is 73.3 cm³/mol. The third kappa shape index (κ3) is 2.05. The second-order valence-electron chi connectivity index (χ2n) is 5.97. The smallest absolute Gasteiger partial charge is 0.142 e. The summed E-state index contributed by atoms with van der Waals surface area (Å²) in [6, 6.07) is 0. The van der Waals surface area contributed by atoms with Gasteiger partial charge < -0.3 is 4.74 Å². The summed E-state index contributed by atoms with van der Waals surface area (Å²) in [4.78, 5) is 16.8. The van der Waals surface area contributed by atoms with Crippen molar-refractivity contribution in [1.29, 1.82) is 0 Å². The van der Waals surface area contributed by atoms with E-state index in [2.05, 4.69) is 4.98 Å². The summed E-state index contributed by atoms with van der Waals surface area (Å²) in [7, 11) is 1.67. The zero-order chi connectivity index (χ0) is 13.6. The fourth-order valence-corrected chi connectivity index (χ4v) is 3.83. The Morgan fingerprint density at radius 2 is 2.05 bits per heavy atom. The Kier molecular flexibility index (Phi) is 3.08. The molecule has 19 heavy (non-hydrogen) atoms. The van der Waals surface area contributed by atoms with Gasteiger partial charge in [-0.05, 0) is 38.5 Å². The second kappa shape index (κ2) is 4.62. The van der Waals surface area contributed by atoms with Gasteiger partial charge in [0.2, 0.25) is 0 Å². The Morgan fingerprint density at radius 3 is 2.68 bits per heavy atom. The first-order valence-corrected chi connectivity index (χ1v) is 7.15. The van der Waals surface area contributed by atoms with Crippen LogP contribution in [0.15, 0.2) is 6.20 Å². The monoisotopic (exact) mass is 259 g/mol. The van der Waals surface area contributed by atoms with E-state index in [0.717, 1.165) is 22.6 Å². The Balaban J connectivity index is 1.75. The van der Waals surface area contributed by atoms with Crippen LogP contribution in [-0.2, 0) is 11.2 Å². The zero-order valence-corrected chi connectivity index (χ0v) is 11.9. The second-order valence-corrected chi connectivity index (χ2v) is 5.97. The van der Waals surface area contributed by atoms with Gasteiger partial charge in [-0.15, -0.1) is 0 Å². The average Bonchev–Trinajstić information content (AvgIpc) is 2.87. The molecule has 0 amide bonds. The predicted octanol–water partition coefficient (Wildman–Crippen LogP) is 2.86. The van der Waals surface area contributed by atoms with Crippen molar-refractivity contribution < 1.29 is 9.53 Å². The number of ether oxygens (including phenoxy) is 1. The van der Waals surface area contributed by atoms with E-state index in [-0.39, 0.29) is 0 Å². The molecule has 2 fully saturated rings. The molecular formula is C16H21NO2. The number of Topliss-reactive ketones (excluding diaryl/α,β-unsaturated/α-hetero) is 1. The van der Waals surface area contributed by atoms with E-state index in [9.17, 15) is 4.79 Å². The van der Waals surface area contributed by atoms with E-state index < -0.39 is 0 Å². The van der Waals surface area contributed by atoms with Crippen LogP contribution in [0.1, 0.15) is 36.1 Å². The van der Waals surface area contributed by atoms with Crippen molar-refractivity contribution in [1.82, 2.24) is 4.98 Å². The van der Waals surface area contributed by atoms with E-state index in [1.165, 1.54) is 19.3 Å². The molecule has 3 nitrogen and oxygen atoms in total. The van der Waals surface area contributed by atoms with Gasteiger partial charge in [-0.1, -0.05) is 6.42 Å². The zero-order valence-electron chi connectivity index (χ0n) is 11.9. The number of hydrogen-bond acceptors (Lipinski definition) is 3. The molecule has 0 spiro atoms. The van der Waals surface area contributed by atoms with Crippen LogP contribution in [0.25, 0.3) is 0 Å². The molecular weight excluding hydrogens is 238 g/mol. The van der Waals surface area contributed by atoms with Crippen LogP contribution in [0, 0.1) is 31.6 Å². The third-order valence-electron chi connectivity index (χ3n) is 4.87. The van der Waals surface area contributed by atoms with E-state index in [0.29, 0.717) is 30.0 Å². The number of rotatable bonds is 4. The molecule has 2 saturated carbocycles. The van der Waals surface area contributed by atoms with Gasteiger partial charge in [0.1, 0.15) is 11.5 Å². The fraction of sp³-hybridized carbons (Fsp3) is 0.625. The average molecular weight is 259 g/mol. The van der Waals surface area contributed by atoms with Crippen LogP contribution in [0.4, 0.5) is 0 Å². The standard InChI is InChI=1S/C16H21NO2/c1-9-8-17-13(10(2)16(9)19-3)7-14(18)15-11-5-4-6-12(11)15/h8,11-12,15H,4-7H2,1-3H3. The highest BCUT2D eigenvalue weighted by Gasteiger charge is 2.55. The summed E-state index contributed by atoms with van der Waals surface area (Å²) >= 11 is 0. The highest BCUT2D eigenvalue weighted by molar-refractivity contribution is 5.86. The number of fused-ring (bicyclic) bond motifs is 1. The first-order chi connectivity index (χ1) is 9.13. The van der Waals surface area contributed by atoms with Crippen molar-refractivity contribution in [2.75, 3.05) is 7.11 Å². The molecule has 0 radical (unpaired) electrons. The van der Waals surface area contributed by atoms with E-state index >= 15 is 0 Å². The van der Waals surface area contributed by atoms with Gasteiger partial charge in [-0.2, -0.15) is 0 Å². The SMILES string of the molecule is COc1c(C)cnc(CC(=O)C2C3CCCC32)c1C. The fourth-order valence-electron chi connectivity index (χ4n) is 3.83. The summed E-state index contributed by atoms with van der Waals surface area (Å²) < 4.78 is 5.40. The molecule has 0 saturated heterocycles. The summed E-state index contributed by atoms with van der Waals surface area (Å²) in [6.45, 7) is 3.98. The Bertz CT molecular complexity index is 514. The number of carbonyl (C=O) groups excluding carboxylic acids is 1. The lowest BCUT2D eigenvalue weighted by molar-refractivity contribution is -0.120. The van der Waals surface area contributed by atoms with Gasteiger partial charge in [0.25, 0.3) is 0 Å². The lowest BCUT2D eigenvalue weighted by Crippen LogP contribution is -2.12. The summed E-state index contributed by atoms with van der Waals surface area (Å²) in [5.74, 6) is 2.98. The molecule has 1 heterocycles. The van der Waals surface area contributed by atoms with Crippen LogP contribution in [-0.4, -0.2) is 17.9 Å². The minimum atomic E-state index is 0.335. The number of aromatic nitrogens is 1. The quantitative estimate of drug-likeness (QED) is 0.834. The first kappa shape index (κ1) is 12.6. The minimum Gasteiger partial charge on any atom is -0.496 e. The summed E-state index contributed by atoms with van der Waals surface area (Å²) in [6.07, 6.45) is 6.10. The van der Waals surface area contributed by atoms with Gasteiger partial charge in [0.15, 0.2) is 0 Å². The molecule has 2 aliphatic rings. The van der Waals surface area contributed by atoms with Crippen LogP contribution in [0.5, 0.6) is 5.75 Å². The molecule has 1 aromatic heterocycles. The number of pyridine rings is 1. The van der Waals surface area contributed by atoms with Crippen molar-refractivity contribution in [3.63, 3.8) is 0 Å². The van der Waals surface area contributed by atoms with Crippen molar-refractivity contribution >= 4 is 5.78 Å². The number of ketones is 1. The van der Waals surface area contributed by atoms with E-state index in [1.807, 2.05) is 20.0 Å². The molecule has 2 aliphatic carbocycles. The maximum atomic E-state index is 12.3. The number of methoxy groups -OCH3 is 1. The van der Waals surface area contributed by atoms with Gasteiger partial charge in [-0.3, -0.25) is 9.78 Å². The lowest BCUT2D eigenvalue weighted by atomic mass is 10.0. The largest absolute Gasteiger partial charge is 0.496 e. The number of nitrogens with zero attached hydrogens (tertiary/aromatic N) is 1. The lowest BCUT2D eigenvalue weighted by Gasteiger charge is -2.12. The van der Waals surface area contributed by atoms with Crippen LogP contribution in [0.2, 0.25) is 0 Å². The molecule has 102 valence electrons. The molecule has 3 rings (SSSR count). The highest BCUT2D eigenvalue weighted by atomic mass is 16.5. The summed E-state index contributed by atoms with van der Waals surface area (Å²) in [5, 5.41) is 0. The molecule has 2 unspecified atom stereocenters. The van der Waals surface area contributed by atoms with Crippen LogP contribution >= 0.6 is 0 Å². The van der Waals surface area contributed by atoms with Crippen molar-refractivity contribution in [3.8, 4) is 5.75 Å².